The Morgan fingerprint density at radius 2 is 1.92 bits per heavy atom. The van der Waals surface area contributed by atoms with Crippen molar-refractivity contribution in [2.24, 2.45) is 5.10 Å². The van der Waals surface area contributed by atoms with Crippen molar-refractivity contribution in [1.82, 2.24) is 9.66 Å². The zero-order valence-electron chi connectivity index (χ0n) is 20.3. The van der Waals surface area contributed by atoms with E-state index in [1.165, 1.54) is 4.68 Å². The molecule has 0 aliphatic rings. The van der Waals surface area contributed by atoms with Gasteiger partial charge in [-0.1, -0.05) is 51.3 Å². The molecule has 0 saturated carbocycles. The van der Waals surface area contributed by atoms with Gasteiger partial charge < -0.3 is 9.47 Å². The molecule has 0 fully saturated rings. The largest absolute Gasteiger partial charge is 0.490 e. The van der Waals surface area contributed by atoms with Crippen molar-refractivity contribution < 1.29 is 9.47 Å². The summed E-state index contributed by atoms with van der Waals surface area (Å²) in [5.74, 6) is 1.63. The highest BCUT2D eigenvalue weighted by Gasteiger charge is 2.15. The summed E-state index contributed by atoms with van der Waals surface area (Å²) < 4.78 is 14.2. The second kappa shape index (κ2) is 11.9. The molecular weight excluding hydrogens is 577 g/mol. The Kier molecular flexibility index (Phi) is 8.69. The predicted octanol–water partition coefficient (Wildman–Crippen LogP) is 7.36. The van der Waals surface area contributed by atoms with Gasteiger partial charge in [0.15, 0.2) is 11.5 Å². The number of nitrogens with zero attached hydrogens (tertiary/aromatic N) is 3. The monoisotopic (exact) mass is 599 g/mol. The Morgan fingerprint density at radius 3 is 2.65 bits per heavy atom. The molecule has 190 valence electrons. The van der Waals surface area contributed by atoms with E-state index >= 15 is 0 Å². The maximum atomic E-state index is 13.1. The lowest BCUT2D eigenvalue weighted by molar-refractivity contribution is 0.267. The van der Waals surface area contributed by atoms with Crippen molar-refractivity contribution in [3.8, 4) is 11.5 Å². The maximum absolute atomic E-state index is 13.1. The van der Waals surface area contributed by atoms with Crippen LogP contribution in [0.4, 0.5) is 0 Å². The van der Waals surface area contributed by atoms with Gasteiger partial charge in [0, 0.05) is 25.6 Å². The maximum Gasteiger partial charge on any atom is 0.282 e. The van der Waals surface area contributed by atoms with Crippen molar-refractivity contribution in [3.63, 3.8) is 0 Å². The van der Waals surface area contributed by atoms with Crippen molar-refractivity contribution >= 4 is 56.2 Å². The first-order chi connectivity index (χ1) is 17.8. The van der Waals surface area contributed by atoms with Gasteiger partial charge in [0.1, 0.15) is 12.4 Å². The fourth-order valence-corrected chi connectivity index (χ4v) is 4.62. The minimum Gasteiger partial charge on any atom is -0.490 e. The molecule has 4 aromatic rings. The minimum absolute atomic E-state index is 0.237. The van der Waals surface area contributed by atoms with Crippen molar-refractivity contribution in [2.45, 2.75) is 26.9 Å². The minimum atomic E-state index is -0.254. The molecule has 9 heteroatoms. The molecule has 0 atom stereocenters. The van der Waals surface area contributed by atoms with Crippen LogP contribution >= 0.6 is 39.1 Å². The molecule has 0 saturated heterocycles. The molecule has 4 rings (SSSR count). The van der Waals surface area contributed by atoms with Crippen LogP contribution in [0.25, 0.3) is 10.9 Å². The number of ether oxygens (including phenoxy) is 2. The van der Waals surface area contributed by atoms with Gasteiger partial charge in [-0.05, 0) is 68.3 Å². The molecule has 0 aliphatic heterocycles. The van der Waals surface area contributed by atoms with Gasteiger partial charge in [0.2, 0.25) is 0 Å². The van der Waals surface area contributed by atoms with Crippen LogP contribution in [0.3, 0.4) is 0 Å². The Bertz CT molecular complexity index is 1570. The summed E-state index contributed by atoms with van der Waals surface area (Å²) in [6.07, 6.45) is 3.93. The molecule has 1 aromatic heterocycles. The summed E-state index contributed by atoms with van der Waals surface area (Å²) in [4.78, 5) is 17.6. The third kappa shape index (κ3) is 6.24. The zero-order valence-corrected chi connectivity index (χ0v) is 23.4. The van der Waals surface area contributed by atoms with Gasteiger partial charge in [-0.15, -0.1) is 6.58 Å². The first-order valence-electron chi connectivity index (χ1n) is 11.5. The predicted molar refractivity (Wildman–Crippen MR) is 154 cm³/mol. The number of allylic oxidation sites excluding steroid dienone is 1. The fraction of sp³-hybridized carbons (Fsp3) is 0.179. The molecule has 0 spiro atoms. The second-order valence-electron chi connectivity index (χ2n) is 8.14. The number of halogens is 3. The van der Waals surface area contributed by atoms with Crippen LogP contribution in [-0.2, 0) is 13.0 Å². The lowest BCUT2D eigenvalue weighted by Crippen LogP contribution is -2.20. The van der Waals surface area contributed by atoms with E-state index in [4.69, 9.17) is 32.7 Å². The molecule has 6 nitrogen and oxygen atoms in total. The van der Waals surface area contributed by atoms with E-state index in [-0.39, 0.29) is 12.2 Å². The van der Waals surface area contributed by atoms with Gasteiger partial charge in [-0.3, -0.25) is 4.79 Å². The second-order valence-corrected chi connectivity index (χ2v) is 9.90. The normalized spacial score (nSPS) is 11.3. The SMILES string of the molecule is C=CCc1cc(C=Nn2c(C)nc3ccc(Br)cc3c2=O)cc(OCC)c1OCc1ccc(Cl)cc1Cl. The summed E-state index contributed by atoms with van der Waals surface area (Å²) in [6, 6.07) is 14.4. The standard InChI is InChI=1S/C28H24BrCl2N3O3/c1-4-6-19-11-18(15-32-34-17(3)33-25-10-8-21(29)13-23(25)28(34)35)12-26(36-5-2)27(19)37-16-20-7-9-22(30)14-24(20)31/h4,7-15H,1,5-6,16H2,2-3H3. The number of aryl methyl sites for hydroxylation is 1. The van der Waals surface area contributed by atoms with E-state index in [0.717, 1.165) is 21.2 Å². The first kappa shape index (κ1) is 26.9. The fourth-order valence-electron chi connectivity index (χ4n) is 3.80. The lowest BCUT2D eigenvalue weighted by atomic mass is 10.1. The van der Waals surface area contributed by atoms with Crippen LogP contribution in [0.5, 0.6) is 11.5 Å². The van der Waals surface area contributed by atoms with E-state index in [9.17, 15) is 4.79 Å². The van der Waals surface area contributed by atoms with Crippen LogP contribution in [0.1, 0.15) is 29.4 Å². The molecular formula is C28H24BrCl2N3O3. The molecule has 0 unspecified atom stereocenters. The van der Waals surface area contributed by atoms with Crippen molar-refractivity contribution in [3.05, 3.63) is 109 Å². The van der Waals surface area contributed by atoms with E-state index in [0.29, 0.717) is 51.3 Å². The first-order valence-corrected chi connectivity index (χ1v) is 13.1. The molecule has 3 aromatic carbocycles. The van der Waals surface area contributed by atoms with Gasteiger partial charge in [0.05, 0.1) is 23.7 Å². The smallest absolute Gasteiger partial charge is 0.282 e. The van der Waals surface area contributed by atoms with Crippen molar-refractivity contribution in [1.29, 1.82) is 0 Å². The third-order valence-electron chi connectivity index (χ3n) is 5.50. The Balaban J connectivity index is 1.71. The number of hydrogen-bond acceptors (Lipinski definition) is 5. The Labute approximate surface area is 233 Å². The Morgan fingerprint density at radius 1 is 1.11 bits per heavy atom. The van der Waals surface area contributed by atoms with Gasteiger partial charge in [-0.25, -0.2) is 4.98 Å². The highest BCUT2D eigenvalue weighted by molar-refractivity contribution is 9.10. The van der Waals surface area contributed by atoms with E-state index in [2.05, 4.69) is 32.6 Å². The van der Waals surface area contributed by atoms with Gasteiger partial charge >= 0.3 is 0 Å². The van der Waals surface area contributed by atoms with Crippen LogP contribution in [-0.4, -0.2) is 22.5 Å². The molecule has 0 amide bonds. The summed E-state index contributed by atoms with van der Waals surface area (Å²) in [7, 11) is 0. The average molecular weight is 601 g/mol. The molecule has 0 bridgehead atoms. The Hall–Kier alpha value is -3.13. The van der Waals surface area contributed by atoms with Crippen LogP contribution in [0, 0.1) is 6.92 Å². The van der Waals surface area contributed by atoms with Crippen molar-refractivity contribution in [2.75, 3.05) is 6.61 Å². The van der Waals surface area contributed by atoms with E-state index < -0.39 is 0 Å². The topological polar surface area (TPSA) is 65.7 Å². The van der Waals surface area contributed by atoms with Crippen LogP contribution < -0.4 is 15.0 Å². The quantitative estimate of drug-likeness (QED) is 0.149. The summed E-state index contributed by atoms with van der Waals surface area (Å²) in [5.41, 5.74) is 2.76. The van der Waals surface area contributed by atoms with E-state index in [1.807, 2.05) is 31.2 Å². The number of aromatic nitrogens is 2. The number of hydrogen-bond donors (Lipinski definition) is 0. The molecule has 1 heterocycles. The highest BCUT2D eigenvalue weighted by atomic mass is 79.9. The number of rotatable bonds is 9. The molecule has 37 heavy (non-hydrogen) atoms. The zero-order chi connectivity index (χ0) is 26.5. The lowest BCUT2D eigenvalue weighted by Gasteiger charge is -2.17. The van der Waals surface area contributed by atoms with Gasteiger partial charge in [-0.2, -0.15) is 9.78 Å². The summed E-state index contributed by atoms with van der Waals surface area (Å²) in [5, 5.41) is 6.01. The van der Waals surface area contributed by atoms with E-state index in [1.54, 1.807) is 43.5 Å². The molecule has 0 aliphatic carbocycles. The van der Waals surface area contributed by atoms with Crippen LogP contribution in [0.15, 0.2) is 75.6 Å². The van der Waals surface area contributed by atoms with Crippen LogP contribution in [0.2, 0.25) is 10.0 Å². The third-order valence-corrected chi connectivity index (χ3v) is 6.58. The number of benzene rings is 3. The summed E-state index contributed by atoms with van der Waals surface area (Å²) >= 11 is 15.8. The summed E-state index contributed by atoms with van der Waals surface area (Å²) in [6.45, 7) is 8.19. The highest BCUT2D eigenvalue weighted by Crippen LogP contribution is 2.35. The molecule has 0 radical (unpaired) electrons. The number of fused-ring (bicyclic) bond motifs is 1. The molecule has 0 N–H and O–H groups in total. The average Bonchev–Trinajstić information content (AvgIpc) is 2.85. The van der Waals surface area contributed by atoms with Gasteiger partial charge in [0.25, 0.3) is 5.56 Å².